The predicted molar refractivity (Wildman–Crippen MR) is 369 cm³/mol. The van der Waals surface area contributed by atoms with E-state index in [1.54, 1.807) is 21.1 Å². The molecule has 4 amide bonds. The van der Waals surface area contributed by atoms with E-state index in [1.807, 2.05) is 62.1 Å². The van der Waals surface area contributed by atoms with Crippen molar-refractivity contribution < 1.29 is 93.0 Å². The molecule has 4 fully saturated rings. The molecule has 4 aromatic rings. The third-order valence-electron chi connectivity index (χ3n) is 22.1. The van der Waals surface area contributed by atoms with Crippen LogP contribution in [0.5, 0.6) is 5.75 Å². The summed E-state index contributed by atoms with van der Waals surface area (Å²) in [4.78, 5) is 103. The number of para-hydroxylation sites is 1. The number of carboxylic acids is 1. The largest absolute Gasteiger partial charge is 0.496 e. The molecule has 12 N–H and O–H groups in total. The maximum absolute atomic E-state index is 15.2. The van der Waals surface area contributed by atoms with Crippen molar-refractivity contribution in [3.63, 3.8) is 0 Å². The number of ketones is 1. The Labute approximate surface area is 592 Å². The number of likely N-dealkylation sites (N-methyl/N-ethyl adjacent to an activating group) is 1. The number of aromatic nitrogens is 4. The normalized spacial score (nSPS) is 31.5. The van der Waals surface area contributed by atoms with Crippen LogP contribution in [0.2, 0.25) is 0 Å². The van der Waals surface area contributed by atoms with Gasteiger partial charge in [-0.3, -0.25) is 39.2 Å². The number of carboxylic acid groups (broad SMARTS) is 1. The third-order valence-corrected chi connectivity index (χ3v) is 24.4. The number of carbonyl (C=O) groups is 7. The number of amides is 4. The number of benzene rings is 2. The van der Waals surface area contributed by atoms with Crippen LogP contribution in [0.4, 0.5) is 10.5 Å². The van der Waals surface area contributed by atoms with Crippen LogP contribution < -0.4 is 31.1 Å². The van der Waals surface area contributed by atoms with Gasteiger partial charge in [0, 0.05) is 128 Å². The van der Waals surface area contributed by atoms with Gasteiger partial charge in [0.05, 0.1) is 55.0 Å². The second kappa shape index (κ2) is 31.2. The first-order chi connectivity index (χ1) is 48.4. The van der Waals surface area contributed by atoms with E-state index in [9.17, 15) is 64.5 Å². The van der Waals surface area contributed by atoms with E-state index < -0.39 is 112 Å². The average Bonchev–Trinajstić information content (AvgIpc) is 1.51. The molecular formula is C69H95N11O19S2. The topological polar surface area (TPSA) is 412 Å². The van der Waals surface area contributed by atoms with E-state index in [0.29, 0.717) is 107 Å². The number of carbonyl (C=O) groups excluding carboxylic acids is 6. The van der Waals surface area contributed by atoms with Gasteiger partial charge in [-0.15, -0.1) is 5.10 Å². The van der Waals surface area contributed by atoms with Crippen LogP contribution >= 0.6 is 21.6 Å². The second-order valence-electron chi connectivity index (χ2n) is 28.1. The molecule has 2 aromatic carbocycles. The molecule has 552 valence electrons. The van der Waals surface area contributed by atoms with Crippen molar-refractivity contribution in [3.8, 4) is 5.75 Å². The molecule has 101 heavy (non-hydrogen) atoms. The fourth-order valence-corrected chi connectivity index (χ4v) is 19.3. The van der Waals surface area contributed by atoms with E-state index in [2.05, 4.69) is 58.7 Å². The van der Waals surface area contributed by atoms with Crippen LogP contribution in [0.1, 0.15) is 107 Å². The number of H-pyrrole nitrogens is 1. The smallest absolute Gasteiger partial charge is 0.426 e. The minimum atomic E-state index is -2.59. The zero-order valence-electron chi connectivity index (χ0n) is 57.7. The molecule has 6 aliphatic heterocycles. The van der Waals surface area contributed by atoms with Gasteiger partial charge in [0.15, 0.2) is 23.8 Å². The van der Waals surface area contributed by atoms with Gasteiger partial charge in [0.2, 0.25) is 11.8 Å². The molecule has 2 bridgehead atoms. The van der Waals surface area contributed by atoms with Crippen molar-refractivity contribution in [3.05, 3.63) is 82.8 Å². The lowest BCUT2D eigenvalue weighted by Gasteiger charge is -2.63. The molecule has 17 atom stereocenters. The van der Waals surface area contributed by atoms with Gasteiger partial charge in [0.1, 0.15) is 43.4 Å². The van der Waals surface area contributed by atoms with Crippen LogP contribution in [0.25, 0.3) is 10.9 Å². The standard InChI is InChI=1S/C69H95N11O19S2/c1-7-13-51(83)71-39(4)49(82)29-41(28-42-35-80(76-73-42)23-24-97-59-54(86)52(84)53(85)55(99-59)58(88)89)57(87)70-19-26-100-101-27-25-98-64(92)75-74-63(91)69(94)61-68(18-22-79-20-12-17-66(9-3,60(68)79)62(69)90)45-30-46(50(95-6)31-48(45)77(61)5)67(37-96-38-81)33-40-32-65(93,8-2)36-78(34-40)21-16-44-43-14-10-11-15-47(43)72-56(44)67/h10-12,14-15,17,30-31,35,38-41,52-55,59-62,72,84-86,90,93-94H,7-9,13,16,18-29,32-34,36-37H2,1-6H3,(H,70,87)(H,71,83)(H,74,91)(H,75,92)(H,88,89)/t39-,40+,41+,52-,53-,54?,55?,59+,60-,61+,62+,65-,66+,67-,68+,69-/m0/s1. The Morgan fingerprint density at radius 2 is 1.72 bits per heavy atom. The summed E-state index contributed by atoms with van der Waals surface area (Å²) < 4.78 is 30.0. The Morgan fingerprint density at radius 1 is 0.941 bits per heavy atom. The van der Waals surface area contributed by atoms with Crippen LogP contribution in [-0.2, 0) is 77.9 Å². The first kappa shape index (κ1) is 75.2. The number of methoxy groups -OCH3 is 1. The van der Waals surface area contributed by atoms with Crippen LogP contribution in [-0.4, -0.2) is 258 Å². The lowest BCUT2D eigenvalue weighted by atomic mass is 9.47. The van der Waals surface area contributed by atoms with Gasteiger partial charge in [-0.1, -0.05) is 77.9 Å². The minimum Gasteiger partial charge on any atom is -0.496 e. The molecule has 3 saturated heterocycles. The minimum absolute atomic E-state index is 0.00180. The molecule has 0 radical (unpaired) electrons. The average molecular weight is 1450 g/mol. The molecule has 8 heterocycles. The highest BCUT2D eigenvalue weighted by Gasteiger charge is 2.79. The number of hydrogen-bond donors (Lipinski definition) is 12. The van der Waals surface area contributed by atoms with E-state index in [0.717, 1.165) is 33.3 Å². The Bertz CT molecular complexity index is 3730. The number of aromatic amines is 1. The number of piperidine rings is 1. The highest BCUT2D eigenvalue weighted by molar-refractivity contribution is 8.76. The quantitative estimate of drug-likeness (QED) is 0.0119. The second-order valence-corrected chi connectivity index (χ2v) is 30.8. The Morgan fingerprint density at radius 3 is 2.47 bits per heavy atom. The maximum atomic E-state index is 15.2. The summed E-state index contributed by atoms with van der Waals surface area (Å²) in [5, 5.41) is 93.4. The van der Waals surface area contributed by atoms with Gasteiger partial charge >= 0.3 is 12.1 Å². The predicted octanol–water partition coefficient (Wildman–Crippen LogP) is 1.13. The van der Waals surface area contributed by atoms with Gasteiger partial charge in [-0.05, 0) is 87.6 Å². The van der Waals surface area contributed by atoms with Crippen LogP contribution in [0.3, 0.4) is 0 Å². The molecule has 1 aliphatic carbocycles. The van der Waals surface area contributed by atoms with Crippen molar-refractivity contribution in [1.82, 2.24) is 51.3 Å². The number of aliphatic carboxylic acids is 1. The first-order valence-electron chi connectivity index (χ1n) is 34.8. The molecule has 1 spiro atoms. The molecule has 11 rings (SSSR count). The summed E-state index contributed by atoms with van der Waals surface area (Å²) in [6.45, 7) is 10.6. The zero-order chi connectivity index (χ0) is 72.3. The molecule has 2 aromatic heterocycles. The third kappa shape index (κ3) is 14.3. The fraction of sp³-hybridized carbons (Fsp3) is 0.638. The lowest BCUT2D eigenvalue weighted by Crippen LogP contribution is -2.82. The van der Waals surface area contributed by atoms with Crippen molar-refractivity contribution >= 4 is 80.2 Å². The van der Waals surface area contributed by atoms with Crippen LogP contribution in [0.15, 0.2) is 54.7 Å². The molecule has 32 heteroatoms. The van der Waals surface area contributed by atoms with Gasteiger partial charge in [-0.2, -0.15) is 0 Å². The van der Waals surface area contributed by atoms with E-state index in [-0.39, 0.29) is 75.5 Å². The summed E-state index contributed by atoms with van der Waals surface area (Å²) in [5.41, 5.74) is 3.28. The number of fused-ring (bicyclic) bond motifs is 6. The number of hydrazine groups is 1. The van der Waals surface area contributed by atoms with Crippen molar-refractivity contribution in [2.24, 2.45) is 17.3 Å². The number of nitrogens with one attached hydrogen (secondary N) is 5. The highest BCUT2D eigenvalue weighted by atomic mass is 33.1. The van der Waals surface area contributed by atoms with Gasteiger partial charge in [0.25, 0.3) is 12.4 Å². The number of hydrogen-bond acceptors (Lipinski definition) is 25. The number of ether oxygens (including phenoxy) is 5. The molecule has 30 nitrogen and oxygen atoms in total. The van der Waals surface area contributed by atoms with Crippen LogP contribution in [0, 0.1) is 17.3 Å². The monoisotopic (exact) mass is 1450 g/mol. The number of rotatable bonds is 29. The first-order valence-corrected chi connectivity index (χ1v) is 37.2. The number of aliphatic hydroxyl groups excluding tert-OH is 4. The van der Waals surface area contributed by atoms with E-state index in [4.69, 9.17) is 23.7 Å². The van der Waals surface area contributed by atoms with Gasteiger partial charge in [-0.25, -0.2) is 19.7 Å². The molecule has 3 unspecified atom stereocenters. The van der Waals surface area contributed by atoms with E-state index in [1.165, 1.54) is 32.5 Å². The summed E-state index contributed by atoms with van der Waals surface area (Å²) in [7, 11) is 6.09. The number of Topliss-reactive ketones (excluding diaryl/α,β-unsaturated/α-hetero) is 1. The van der Waals surface area contributed by atoms with Crippen molar-refractivity contribution in [1.29, 1.82) is 0 Å². The Kier molecular flexibility index (Phi) is 23.2. The van der Waals surface area contributed by atoms with Gasteiger partial charge < -0.3 is 79.9 Å². The zero-order valence-corrected chi connectivity index (χ0v) is 59.3. The maximum Gasteiger partial charge on any atom is 0.426 e. The summed E-state index contributed by atoms with van der Waals surface area (Å²) in [5.74, 6) is -3.67. The summed E-state index contributed by atoms with van der Waals surface area (Å²) in [6.07, 6.45) is -2.78. The number of aliphatic hydroxyl groups is 6. The summed E-state index contributed by atoms with van der Waals surface area (Å²) in [6, 6.07) is 9.76. The van der Waals surface area contributed by atoms with E-state index >= 15 is 4.79 Å². The number of nitrogens with zero attached hydrogens (tertiary/aromatic N) is 6. The highest BCUT2D eigenvalue weighted by Crippen LogP contribution is 2.68. The SMILES string of the molecule is CCCC(=O)N[C@@H](C)C(=O)C[C@@H](Cc1cn(CCO[C@@H]2OC(C(=O)O)[C@@H](O)[C@H](O)C2O)nn1)C(=O)NCCSSCCOC(=O)NNC(=O)[C@@]1(O)[C@H](O)[C@]2(CC)C=CCN3CC[C@@]4(c5cc([C@@]6(COC=O)C[C@@H]7CN(CCc8c6[nH]c6ccccc86)C[C@](O)(CC)C7)c(OC)cc5N(C)[C@@H]14)[C@@H]32. The van der Waals surface area contributed by atoms with Crippen molar-refractivity contribution in [2.45, 2.75) is 175 Å². The molecular weight excluding hydrogens is 1350 g/mol. The fourth-order valence-electron chi connectivity index (χ4n) is 17.5. The number of anilines is 1. The summed E-state index contributed by atoms with van der Waals surface area (Å²) >= 11 is 0. The molecule has 1 saturated carbocycles. The Balaban J connectivity index is 0.747. The Hall–Kier alpha value is -6.95. The van der Waals surface area contributed by atoms with Crippen molar-refractivity contribution in [2.75, 3.05) is 89.7 Å². The lowest BCUT2D eigenvalue weighted by molar-refractivity contribution is -0.294. The molecule has 7 aliphatic rings.